The maximum atomic E-state index is 10.9. The highest BCUT2D eigenvalue weighted by Gasteiger charge is 2.12. The van der Waals surface area contributed by atoms with Crippen molar-refractivity contribution >= 4 is 15.8 Å². The van der Waals surface area contributed by atoms with E-state index in [-0.39, 0.29) is 0 Å². The minimum atomic E-state index is -3.47. The molecule has 0 bridgehead atoms. The largest absolute Gasteiger partial charge is 0.378 e. The first-order valence-electron chi connectivity index (χ1n) is 4.78. The van der Waals surface area contributed by atoms with E-state index in [2.05, 4.69) is 6.92 Å². The highest BCUT2D eigenvalue weighted by molar-refractivity contribution is 7.86. The van der Waals surface area contributed by atoms with Gasteiger partial charge in [-0.05, 0) is 24.6 Å². The second-order valence-electron chi connectivity index (χ2n) is 3.77. The second kappa shape index (κ2) is 4.84. The molecular formula is C11H16NO3S. The molecule has 0 aromatic heterocycles. The normalized spacial score (nSPS) is 13.5. The van der Waals surface area contributed by atoms with Crippen molar-refractivity contribution in [2.45, 2.75) is 6.10 Å². The summed E-state index contributed by atoms with van der Waals surface area (Å²) >= 11 is 0. The third-order valence-electron chi connectivity index (χ3n) is 2.07. The summed E-state index contributed by atoms with van der Waals surface area (Å²) in [5.41, 5.74) is 1.77. The predicted octanol–water partition coefficient (Wildman–Crippen LogP) is 1.60. The van der Waals surface area contributed by atoms with Crippen LogP contribution < -0.4 is 4.90 Å². The molecule has 0 spiro atoms. The molecule has 0 saturated heterocycles. The van der Waals surface area contributed by atoms with Crippen LogP contribution in [0.3, 0.4) is 0 Å². The minimum absolute atomic E-state index is 0.703. The SMILES string of the molecule is [CH2]C(OS(C)(=O)=O)c1ccc(N(C)C)cc1. The molecular weight excluding hydrogens is 226 g/mol. The highest BCUT2D eigenvalue weighted by Crippen LogP contribution is 2.21. The number of benzene rings is 1. The molecule has 1 unspecified atom stereocenters. The molecule has 0 amide bonds. The summed E-state index contributed by atoms with van der Waals surface area (Å²) < 4.78 is 26.6. The fourth-order valence-electron chi connectivity index (χ4n) is 1.25. The zero-order valence-corrected chi connectivity index (χ0v) is 10.5. The van der Waals surface area contributed by atoms with Crippen LogP contribution in [0.25, 0.3) is 0 Å². The fourth-order valence-corrected chi connectivity index (χ4v) is 1.79. The Bertz CT molecular complexity index is 437. The number of anilines is 1. The Morgan fingerprint density at radius 3 is 2.12 bits per heavy atom. The standard InChI is InChI=1S/C11H16NO3S/c1-9(15-16(4,13)14)10-5-7-11(8-6-10)12(2)3/h5-9H,1H2,2-4H3. The van der Waals surface area contributed by atoms with E-state index >= 15 is 0 Å². The topological polar surface area (TPSA) is 46.6 Å². The van der Waals surface area contributed by atoms with Crippen LogP contribution in [0, 0.1) is 6.92 Å². The highest BCUT2D eigenvalue weighted by atomic mass is 32.2. The Hall–Kier alpha value is -1.07. The van der Waals surface area contributed by atoms with Crippen LogP contribution in [0.15, 0.2) is 24.3 Å². The molecule has 5 heteroatoms. The van der Waals surface area contributed by atoms with Crippen molar-refractivity contribution in [1.82, 2.24) is 0 Å². The van der Waals surface area contributed by atoms with Gasteiger partial charge in [0, 0.05) is 19.8 Å². The first-order chi connectivity index (χ1) is 7.29. The van der Waals surface area contributed by atoms with Crippen molar-refractivity contribution in [3.8, 4) is 0 Å². The van der Waals surface area contributed by atoms with Gasteiger partial charge in [0.15, 0.2) is 0 Å². The van der Waals surface area contributed by atoms with Gasteiger partial charge in [0.05, 0.1) is 6.26 Å². The molecule has 1 rings (SSSR count). The molecule has 16 heavy (non-hydrogen) atoms. The molecule has 0 aliphatic rings. The summed E-state index contributed by atoms with van der Waals surface area (Å²) in [5, 5.41) is 0. The first kappa shape index (κ1) is 13.0. The van der Waals surface area contributed by atoms with Gasteiger partial charge in [-0.1, -0.05) is 12.1 Å². The van der Waals surface area contributed by atoms with Crippen LogP contribution in [0.2, 0.25) is 0 Å². The van der Waals surface area contributed by atoms with Gasteiger partial charge >= 0.3 is 0 Å². The average Bonchev–Trinajstić information content (AvgIpc) is 2.15. The summed E-state index contributed by atoms with van der Waals surface area (Å²) in [7, 11) is 0.398. The lowest BCUT2D eigenvalue weighted by Crippen LogP contribution is -2.10. The van der Waals surface area contributed by atoms with Crippen molar-refractivity contribution in [1.29, 1.82) is 0 Å². The lowest BCUT2D eigenvalue weighted by molar-refractivity contribution is 0.262. The number of hydrogen-bond acceptors (Lipinski definition) is 4. The van der Waals surface area contributed by atoms with Crippen molar-refractivity contribution in [3.05, 3.63) is 36.8 Å². The molecule has 0 aliphatic heterocycles. The number of nitrogens with zero attached hydrogens (tertiary/aromatic N) is 1. The Morgan fingerprint density at radius 2 is 1.75 bits per heavy atom. The molecule has 0 aliphatic carbocycles. The Balaban J connectivity index is 2.82. The van der Waals surface area contributed by atoms with Crippen molar-refractivity contribution in [2.24, 2.45) is 0 Å². The third kappa shape index (κ3) is 3.83. The van der Waals surface area contributed by atoms with Crippen LogP contribution in [0.4, 0.5) is 5.69 Å². The summed E-state index contributed by atoms with van der Waals surface area (Å²) in [4.78, 5) is 1.96. The Kier molecular flexibility index (Phi) is 3.93. The van der Waals surface area contributed by atoms with Gasteiger partial charge in [0.2, 0.25) is 0 Å². The molecule has 1 radical (unpaired) electrons. The third-order valence-corrected chi connectivity index (χ3v) is 2.65. The van der Waals surface area contributed by atoms with Gasteiger partial charge in [-0.25, -0.2) is 0 Å². The van der Waals surface area contributed by atoms with Crippen LogP contribution in [0.5, 0.6) is 0 Å². The predicted molar refractivity (Wildman–Crippen MR) is 64.8 cm³/mol. The van der Waals surface area contributed by atoms with Crippen LogP contribution >= 0.6 is 0 Å². The van der Waals surface area contributed by atoms with E-state index in [1.165, 1.54) is 0 Å². The van der Waals surface area contributed by atoms with Crippen molar-refractivity contribution in [3.63, 3.8) is 0 Å². The molecule has 89 valence electrons. The van der Waals surface area contributed by atoms with E-state index in [0.29, 0.717) is 0 Å². The smallest absolute Gasteiger partial charge is 0.264 e. The Labute approximate surface area is 97.0 Å². The van der Waals surface area contributed by atoms with Crippen molar-refractivity contribution < 1.29 is 12.6 Å². The molecule has 0 heterocycles. The molecule has 4 nitrogen and oxygen atoms in total. The van der Waals surface area contributed by atoms with E-state index in [0.717, 1.165) is 17.5 Å². The lowest BCUT2D eigenvalue weighted by atomic mass is 10.1. The van der Waals surface area contributed by atoms with Gasteiger partial charge in [-0.15, -0.1) is 0 Å². The summed E-state index contributed by atoms with van der Waals surface area (Å²) in [6.07, 6.45) is 0.311. The van der Waals surface area contributed by atoms with Gasteiger partial charge in [0.25, 0.3) is 10.1 Å². The van der Waals surface area contributed by atoms with E-state index in [9.17, 15) is 8.42 Å². The number of rotatable bonds is 4. The fraction of sp³-hybridized carbons (Fsp3) is 0.364. The molecule has 1 aromatic carbocycles. The molecule has 0 saturated carbocycles. The summed E-state index contributed by atoms with van der Waals surface area (Å²) in [6, 6.07) is 7.38. The molecule has 0 fully saturated rings. The van der Waals surface area contributed by atoms with E-state index in [4.69, 9.17) is 4.18 Å². The summed E-state index contributed by atoms with van der Waals surface area (Å²) in [5.74, 6) is 0. The average molecular weight is 242 g/mol. The van der Waals surface area contributed by atoms with E-state index in [1.807, 2.05) is 31.1 Å². The monoisotopic (exact) mass is 242 g/mol. The van der Waals surface area contributed by atoms with Gasteiger partial charge in [0.1, 0.15) is 6.10 Å². The maximum Gasteiger partial charge on any atom is 0.264 e. The van der Waals surface area contributed by atoms with Gasteiger partial charge in [-0.2, -0.15) is 8.42 Å². The van der Waals surface area contributed by atoms with Crippen LogP contribution in [0.1, 0.15) is 11.7 Å². The van der Waals surface area contributed by atoms with E-state index in [1.54, 1.807) is 12.1 Å². The van der Waals surface area contributed by atoms with Crippen LogP contribution in [-0.2, 0) is 14.3 Å². The first-order valence-corrected chi connectivity index (χ1v) is 6.60. The van der Waals surface area contributed by atoms with Crippen LogP contribution in [-0.4, -0.2) is 28.8 Å². The minimum Gasteiger partial charge on any atom is -0.378 e. The molecule has 1 aromatic rings. The zero-order valence-electron chi connectivity index (χ0n) is 9.67. The summed E-state index contributed by atoms with van der Waals surface area (Å²) in [6.45, 7) is 3.65. The maximum absolute atomic E-state index is 10.9. The quantitative estimate of drug-likeness (QED) is 0.752. The van der Waals surface area contributed by atoms with E-state index < -0.39 is 16.2 Å². The lowest BCUT2D eigenvalue weighted by Gasteiger charge is -2.15. The molecule has 0 N–H and O–H groups in total. The van der Waals surface area contributed by atoms with Gasteiger partial charge in [-0.3, -0.25) is 4.18 Å². The molecule has 1 atom stereocenters. The number of hydrogen-bond donors (Lipinski definition) is 0. The second-order valence-corrected chi connectivity index (χ2v) is 5.38. The van der Waals surface area contributed by atoms with Gasteiger partial charge < -0.3 is 4.90 Å². The van der Waals surface area contributed by atoms with Crippen molar-refractivity contribution in [2.75, 3.05) is 25.3 Å². The zero-order chi connectivity index (χ0) is 12.3. The Morgan fingerprint density at radius 1 is 1.25 bits per heavy atom.